The van der Waals surface area contributed by atoms with Gasteiger partial charge in [-0.05, 0) is 28.4 Å². The van der Waals surface area contributed by atoms with E-state index in [1.165, 1.54) is 28.7 Å². The zero-order valence-corrected chi connectivity index (χ0v) is 14.6. The average molecular weight is 397 g/mol. The van der Waals surface area contributed by atoms with Crippen LogP contribution in [-0.4, -0.2) is 18.5 Å². The van der Waals surface area contributed by atoms with E-state index in [1.807, 2.05) is 6.92 Å². The largest absolute Gasteiger partial charge is 0.391 e. The molecule has 0 bridgehead atoms. The second-order valence-corrected chi connectivity index (χ2v) is 9.30. The zero-order valence-electron chi connectivity index (χ0n) is 10.6. The van der Waals surface area contributed by atoms with E-state index in [4.69, 9.17) is 5.11 Å². The average Bonchev–Trinajstić information content (AvgIpc) is 3.02. The Morgan fingerprint density at radius 1 is 1.40 bits per heavy atom. The van der Waals surface area contributed by atoms with E-state index in [2.05, 4.69) is 25.6 Å². The number of nitrogens with one attached hydrogen (secondary N) is 1. The van der Waals surface area contributed by atoms with E-state index < -0.39 is 10.0 Å². The molecule has 0 fully saturated rings. The third kappa shape index (κ3) is 3.66. The summed E-state index contributed by atoms with van der Waals surface area (Å²) >= 11 is 5.91. The van der Waals surface area contributed by atoms with Crippen LogP contribution in [-0.2, 0) is 29.6 Å². The van der Waals surface area contributed by atoms with Gasteiger partial charge in [0.05, 0.1) is 16.9 Å². The first kappa shape index (κ1) is 16.1. The van der Waals surface area contributed by atoms with Gasteiger partial charge in [-0.1, -0.05) is 6.92 Å². The third-order valence-corrected chi connectivity index (χ3v) is 7.29. The lowest BCUT2D eigenvalue weighted by molar-refractivity contribution is 0.285. The Morgan fingerprint density at radius 2 is 2.15 bits per heavy atom. The minimum Gasteiger partial charge on any atom is -0.391 e. The Bertz CT molecular complexity index is 694. The van der Waals surface area contributed by atoms with Crippen LogP contribution in [0.4, 0.5) is 0 Å². The molecule has 0 saturated carbocycles. The summed E-state index contributed by atoms with van der Waals surface area (Å²) < 4.78 is 27.4. The smallest absolute Gasteiger partial charge is 0.242 e. The van der Waals surface area contributed by atoms with E-state index in [1.54, 1.807) is 6.20 Å². The summed E-state index contributed by atoms with van der Waals surface area (Å²) in [6, 6.07) is 1.47. The van der Waals surface area contributed by atoms with Gasteiger partial charge in [-0.25, -0.2) is 18.1 Å². The quantitative estimate of drug-likeness (QED) is 0.785. The van der Waals surface area contributed by atoms with Crippen molar-refractivity contribution in [2.75, 3.05) is 0 Å². The Labute approximate surface area is 133 Å². The van der Waals surface area contributed by atoms with E-state index in [-0.39, 0.29) is 18.0 Å². The van der Waals surface area contributed by atoms with Crippen molar-refractivity contribution in [2.24, 2.45) is 0 Å². The number of nitrogens with zero attached hydrogens (tertiary/aromatic N) is 1. The minimum atomic E-state index is -3.61. The molecule has 2 rings (SSSR count). The number of aliphatic hydroxyl groups is 1. The van der Waals surface area contributed by atoms with Crippen molar-refractivity contribution >= 4 is 48.6 Å². The van der Waals surface area contributed by atoms with Crippen molar-refractivity contribution in [3.63, 3.8) is 0 Å². The molecule has 9 heteroatoms. The molecule has 2 aromatic heterocycles. The van der Waals surface area contributed by atoms with Crippen LogP contribution in [0.1, 0.15) is 21.7 Å². The molecule has 0 saturated heterocycles. The fourth-order valence-corrected chi connectivity index (χ4v) is 5.91. The van der Waals surface area contributed by atoms with Crippen molar-refractivity contribution in [3.8, 4) is 0 Å². The predicted molar refractivity (Wildman–Crippen MR) is 83.5 cm³/mol. The highest BCUT2D eigenvalue weighted by Gasteiger charge is 2.21. The molecule has 2 heterocycles. The van der Waals surface area contributed by atoms with Gasteiger partial charge >= 0.3 is 0 Å². The van der Waals surface area contributed by atoms with Crippen LogP contribution in [0.5, 0.6) is 0 Å². The SMILES string of the molecule is CCc1cnc(CNS(=O)(=O)c2cc(CO)sc2Br)s1. The van der Waals surface area contributed by atoms with Gasteiger partial charge in [-0.2, -0.15) is 0 Å². The number of aromatic nitrogens is 1. The molecule has 2 N–H and O–H groups in total. The number of hydrogen-bond acceptors (Lipinski definition) is 6. The zero-order chi connectivity index (χ0) is 14.8. The standard InChI is InChI=1S/C11H13BrN2O3S3/c1-2-7-4-13-10(18-7)5-14-20(16,17)9-3-8(6-15)19-11(9)12/h3-4,14-15H,2,5-6H2,1H3. The predicted octanol–water partition coefficient (Wildman–Crippen LogP) is 2.50. The minimum absolute atomic E-state index is 0.152. The van der Waals surface area contributed by atoms with Crippen molar-refractivity contribution < 1.29 is 13.5 Å². The summed E-state index contributed by atoms with van der Waals surface area (Å²) in [4.78, 5) is 6.04. The van der Waals surface area contributed by atoms with Crippen LogP contribution < -0.4 is 4.72 Å². The second-order valence-electron chi connectivity index (χ2n) is 3.91. The molecule has 5 nitrogen and oxygen atoms in total. The molecule has 0 aliphatic rings. The van der Waals surface area contributed by atoms with Gasteiger partial charge in [0.25, 0.3) is 0 Å². The van der Waals surface area contributed by atoms with E-state index in [9.17, 15) is 8.42 Å². The van der Waals surface area contributed by atoms with Gasteiger partial charge in [-0.15, -0.1) is 22.7 Å². The monoisotopic (exact) mass is 396 g/mol. The van der Waals surface area contributed by atoms with Crippen molar-refractivity contribution in [2.45, 2.75) is 31.4 Å². The Hall–Kier alpha value is -0.320. The van der Waals surface area contributed by atoms with Gasteiger partial charge in [0.15, 0.2) is 0 Å². The fourth-order valence-electron chi connectivity index (χ4n) is 1.49. The molecule has 0 atom stereocenters. The highest BCUT2D eigenvalue weighted by molar-refractivity contribution is 9.11. The van der Waals surface area contributed by atoms with Crippen LogP contribution in [0.25, 0.3) is 0 Å². The first-order valence-electron chi connectivity index (χ1n) is 5.78. The molecule has 110 valence electrons. The maximum atomic E-state index is 12.2. The lowest BCUT2D eigenvalue weighted by Crippen LogP contribution is -2.23. The van der Waals surface area contributed by atoms with Gasteiger partial charge in [0, 0.05) is 16.0 Å². The molecule has 20 heavy (non-hydrogen) atoms. The molecule has 0 amide bonds. The normalized spacial score (nSPS) is 11.9. The number of aryl methyl sites for hydroxylation is 1. The first-order chi connectivity index (χ1) is 9.46. The Balaban J connectivity index is 2.12. The highest BCUT2D eigenvalue weighted by Crippen LogP contribution is 2.31. The molecule has 0 unspecified atom stereocenters. The molecule has 0 aliphatic carbocycles. The summed E-state index contributed by atoms with van der Waals surface area (Å²) in [5.74, 6) is 0. The first-order valence-corrected chi connectivity index (χ1v) is 9.69. The maximum Gasteiger partial charge on any atom is 0.242 e. The molecule has 0 spiro atoms. The summed E-state index contributed by atoms with van der Waals surface area (Å²) in [6.07, 6.45) is 2.65. The van der Waals surface area contributed by atoms with Gasteiger partial charge in [0.1, 0.15) is 9.90 Å². The molecule has 0 radical (unpaired) electrons. The Morgan fingerprint density at radius 3 is 2.70 bits per heavy atom. The summed E-state index contributed by atoms with van der Waals surface area (Å²) in [5.41, 5.74) is 0. The molecular formula is C11H13BrN2O3S3. The summed E-state index contributed by atoms with van der Waals surface area (Å²) in [7, 11) is -3.61. The van der Waals surface area contributed by atoms with Gasteiger partial charge in [0.2, 0.25) is 10.0 Å². The van der Waals surface area contributed by atoms with Gasteiger partial charge < -0.3 is 5.11 Å². The number of rotatable bonds is 6. The highest BCUT2D eigenvalue weighted by atomic mass is 79.9. The lowest BCUT2D eigenvalue weighted by Gasteiger charge is -2.03. The van der Waals surface area contributed by atoms with Gasteiger partial charge in [-0.3, -0.25) is 0 Å². The number of hydrogen-bond donors (Lipinski definition) is 2. The topological polar surface area (TPSA) is 79.3 Å². The molecule has 2 aromatic rings. The van der Waals surface area contributed by atoms with Crippen LogP contribution >= 0.6 is 38.6 Å². The van der Waals surface area contributed by atoms with Crippen LogP contribution in [0.2, 0.25) is 0 Å². The van der Waals surface area contributed by atoms with E-state index in [0.29, 0.717) is 8.66 Å². The fraction of sp³-hybridized carbons (Fsp3) is 0.364. The molecule has 0 aromatic carbocycles. The molecular weight excluding hydrogens is 384 g/mol. The summed E-state index contributed by atoms with van der Waals surface area (Å²) in [5, 5.41) is 9.78. The van der Waals surface area contributed by atoms with Crippen LogP contribution in [0.15, 0.2) is 20.9 Å². The number of thiazole rings is 1. The number of aliphatic hydroxyl groups excluding tert-OH is 1. The van der Waals surface area contributed by atoms with Crippen LogP contribution in [0, 0.1) is 0 Å². The third-order valence-electron chi connectivity index (χ3n) is 2.52. The van der Waals surface area contributed by atoms with E-state index in [0.717, 1.165) is 16.3 Å². The number of thiophene rings is 1. The van der Waals surface area contributed by atoms with Crippen LogP contribution in [0.3, 0.4) is 0 Å². The van der Waals surface area contributed by atoms with Crippen molar-refractivity contribution in [3.05, 3.63) is 30.8 Å². The van der Waals surface area contributed by atoms with Crippen molar-refractivity contribution in [1.82, 2.24) is 9.71 Å². The maximum absolute atomic E-state index is 12.2. The van der Waals surface area contributed by atoms with Crippen molar-refractivity contribution in [1.29, 1.82) is 0 Å². The molecule has 0 aliphatic heterocycles. The number of halogens is 1. The number of sulfonamides is 1. The second kappa shape index (κ2) is 6.63. The lowest BCUT2D eigenvalue weighted by atomic mass is 10.4. The summed E-state index contributed by atoms with van der Waals surface area (Å²) in [6.45, 7) is 2.02. The van der Waals surface area contributed by atoms with E-state index >= 15 is 0 Å². The Kier molecular flexibility index (Phi) is 5.32.